The molecule has 0 aliphatic carbocycles. The van der Waals surface area contributed by atoms with Crippen molar-refractivity contribution in [3.8, 4) is 16.9 Å². The van der Waals surface area contributed by atoms with Gasteiger partial charge < -0.3 is 19.7 Å². The number of aryl methyl sites for hydroxylation is 2. The average Bonchev–Trinajstić information content (AvgIpc) is 2.79. The largest absolute Gasteiger partial charge is 0.492 e. The van der Waals surface area contributed by atoms with Gasteiger partial charge in [0.15, 0.2) is 0 Å². The van der Waals surface area contributed by atoms with Gasteiger partial charge in [0.05, 0.1) is 6.61 Å². The lowest BCUT2D eigenvalue weighted by Gasteiger charge is -2.19. The van der Waals surface area contributed by atoms with Gasteiger partial charge in [-0.3, -0.25) is 4.79 Å². The van der Waals surface area contributed by atoms with Crippen molar-refractivity contribution in [2.75, 3.05) is 45.8 Å². The highest BCUT2D eigenvalue weighted by atomic mass is 19.1. The zero-order valence-electron chi connectivity index (χ0n) is 19.4. The summed E-state index contributed by atoms with van der Waals surface area (Å²) in [4.78, 5) is 23.4. The highest BCUT2D eigenvalue weighted by molar-refractivity contribution is 6.04. The Morgan fingerprint density at radius 1 is 1.06 bits per heavy atom. The molecule has 3 aromatic rings. The Morgan fingerprint density at radius 3 is 2.48 bits per heavy atom. The van der Waals surface area contributed by atoms with Gasteiger partial charge in [0, 0.05) is 54.0 Å². The molecular weight excluding hydrogens is 423 g/mol. The van der Waals surface area contributed by atoms with Crippen LogP contribution in [0.2, 0.25) is 0 Å². The molecule has 0 aliphatic heterocycles. The number of hydrogen-bond acceptors (Lipinski definition) is 6. The van der Waals surface area contributed by atoms with E-state index in [2.05, 4.69) is 20.2 Å². The maximum Gasteiger partial charge on any atom is 0.255 e. The maximum absolute atomic E-state index is 13.5. The lowest BCUT2D eigenvalue weighted by molar-refractivity contribution is 0.102. The Bertz CT molecular complexity index is 1090. The van der Waals surface area contributed by atoms with Gasteiger partial charge in [0.2, 0.25) is 0 Å². The summed E-state index contributed by atoms with van der Waals surface area (Å²) in [6, 6.07) is 11.0. The molecule has 3 rings (SSSR count). The number of carbonyl (C=O) groups excluding carboxylic acids is 1. The first kappa shape index (κ1) is 24.3. The van der Waals surface area contributed by atoms with Crippen molar-refractivity contribution in [2.45, 2.75) is 13.8 Å². The van der Waals surface area contributed by atoms with Crippen molar-refractivity contribution >= 4 is 11.6 Å². The van der Waals surface area contributed by atoms with Crippen LogP contribution in [0, 0.1) is 19.7 Å². The first-order valence-corrected chi connectivity index (χ1v) is 10.7. The third-order valence-electron chi connectivity index (χ3n) is 5.23. The number of ether oxygens (including phenoxy) is 2. The number of nitrogens with one attached hydrogen (secondary N) is 1. The third kappa shape index (κ3) is 6.57. The zero-order valence-corrected chi connectivity index (χ0v) is 19.4. The van der Waals surface area contributed by atoms with Crippen molar-refractivity contribution < 1.29 is 18.7 Å². The monoisotopic (exact) mass is 452 g/mol. The summed E-state index contributed by atoms with van der Waals surface area (Å²) in [7, 11) is 3.69. The van der Waals surface area contributed by atoms with Crippen LogP contribution in [0.1, 0.15) is 21.7 Å². The Morgan fingerprint density at radius 2 is 1.79 bits per heavy atom. The standard InChI is InChI=1S/C25H29FN4O3/c1-17-24(18(2)28-16-27-17)22-15-21(29-25(31)19-6-5-7-20(26)14-19)8-9-23(22)33-13-11-30(3)10-12-32-4/h5-9,14-16H,10-13H2,1-4H3,(H,29,31). The molecule has 2 aromatic carbocycles. The fourth-order valence-electron chi connectivity index (χ4n) is 3.42. The van der Waals surface area contributed by atoms with Gasteiger partial charge in [-0.25, -0.2) is 14.4 Å². The van der Waals surface area contributed by atoms with Crippen LogP contribution in [0.25, 0.3) is 11.1 Å². The van der Waals surface area contributed by atoms with Crippen LogP contribution in [0.15, 0.2) is 48.8 Å². The minimum absolute atomic E-state index is 0.242. The fourth-order valence-corrected chi connectivity index (χ4v) is 3.42. The van der Waals surface area contributed by atoms with Crippen LogP contribution >= 0.6 is 0 Å². The van der Waals surface area contributed by atoms with E-state index in [1.54, 1.807) is 19.2 Å². The molecular formula is C25H29FN4O3. The molecule has 1 amide bonds. The van der Waals surface area contributed by atoms with Crippen LogP contribution in [0.5, 0.6) is 5.75 Å². The van der Waals surface area contributed by atoms with Gasteiger partial charge in [0.25, 0.3) is 5.91 Å². The van der Waals surface area contributed by atoms with Gasteiger partial charge in [-0.05, 0) is 57.3 Å². The lowest BCUT2D eigenvalue weighted by Crippen LogP contribution is -2.27. The van der Waals surface area contributed by atoms with Crippen molar-refractivity contribution in [3.05, 3.63) is 71.6 Å². The molecule has 7 nitrogen and oxygen atoms in total. The first-order valence-electron chi connectivity index (χ1n) is 10.7. The van der Waals surface area contributed by atoms with Crippen LogP contribution in [0.3, 0.4) is 0 Å². The molecule has 8 heteroatoms. The second-order valence-electron chi connectivity index (χ2n) is 7.74. The van der Waals surface area contributed by atoms with Crippen molar-refractivity contribution in [3.63, 3.8) is 0 Å². The predicted octanol–water partition coefficient (Wildman–Crippen LogP) is 4.11. The van der Waals surface area contributed by atoms with E-state index in [1.807, 2.05) is 33.0 Å². The normalized spacial score (nSPS) is 11.0. The average molecular weight is 453 g/mol. The van der Waals surface area contributed by atoms with E-state index in [0.29, 0.717) is 24.7 Å². The lowest BCUT2D eigenvalue weighted by atomic mass is 10.0. The van der Waals surface area contributed by atoms with Gasteiger partial charge >= 0.3 is 0 Å². The number of aromatic nitrogens is 2. The van der Waals surface area contributed by atoms with Crippen LogP contribution in [-0.2, 0) is 4.74 Å². The Labute approximate surface area is 193 Å². The molecule has 0 fully saturated rings. The highest BCUT2D eigenvalue weighted by Crippen LogP contribution is 2.35. The van der Waals surface area contributed by atoms with Crippen molar-refractivity contribution in [1.82, 2.24) is 14.9 Å². The van der Waals surface area contributed by atoms with E-state index in [-0.39, 0.29) is 5.56 Å². The Hall–Kier alpha value is -3.36. The number of likely N-dealkylation sites (N-methyl/N-ethyl adjacent to an activating group) is 1. The molecule has 0 unspecified atom stereocenters. The number of halogens is 1. The molecule has 33 heavy (non-hydrogen) atoms. The summed E-state index contributed by atoms with van der Waals surface area (Å²) in [5.74, 6) is -0.193. The number of rotatable bonds is 10. The molecule has 1 N–H and O–H groups in total. The number of hydrogen-bond donors (Lipinski definition) is 1. The van der Waals surface area contributed by atoms with Crippen molar-refractivity contribution in [1.29, 1.82) is 0 Å². The second-order valence-corrected chi connectivity index (χ2v) is 7.74. The molecule has 0 spiro atoms. The summed E-state index contributed by atoms with van der Waals surface area (Å²) in [6.07, 6.45) is 1.52. The van der Waals surface area contributed by atoms with Gasteiger partial charge in [-0.1, -0.05) is 6.07 Å². The number of anilines is 1. The molecule has 0 bridgehead atoms. The van der Waals surface area contributed by atoms with Crippen LogP contribution in [-0.4, -0.2) is 61.2 Å². The summed E-state index contributed by atoms with van der Waals surface area (Å²) in [5.41, 5.74) is 4.04. The summed E-state index contributed by atoms with van der Waals surface area (Å²) in [5, 5.41) is 2.84. The molecule has 0 aliphatic rings. The van der Waals surface area contributed by atoms with E-state index < -0.39 is 11.7 Å². The number of nitrogens with zero attached hydrogens (tertiary/aromatic N) is 3. The first-order chi connectivity index (χ1) is 15.9. The quantitative estimate of drug-likeness (QED) is 0.499. The van der Waals surface area contributed by atoms with Gasteiger partial charge in [0.1, 0.15) is 24.5 Å². The Balaban J connectivity index is 1.86. The van der Waals surface area contributed by atoms with Gasteiger partial charge in [-0.2, -0.15) is 0 Å². The van der Waals surface area contributed by atoms with E-state index >= 15 is 0 Å². The molecule has 0 atom stereocenters. The smallest absolute Gasteiger partial charge is 0.255 e. The molecule has 0 saturated carbocycles. The topological polar surface area (TPSA) is 76.6 Å². The number of methoxy groups -OCH3 is 1. The Kier molecular flexibility index (Phi) is 8.46. The minimum Gasteiger partial charge on any atom is -0.492 e. The van der Waals surface area contributed by atoms with E-state index in [4.69, 9.17) is 9.47 Å². The van der Waals surface area contributed by atoms with Crippen LogP contribution in [0.4, 0.5) is 10.1 Å². The fraction of sp³-hybridized carbons (Fsp3) is 0.320. The summed E-state index contributed by atoms with van der Waals surface area (Å²) in [6.45, 7) is 6.48. The van der Waals surface area contributed by atoms with E-state index in [0.717, 1.165) is 35.6 Å². The van der Waals surface area contributed by atoms with Gasteiger partial charge in [-0.15, -0.1) is 0 Å². The number of carbonyl (C=O) groups is 1. The maximum atomic E-state index is 13.5. The molecule has 0 saturated heterocycles. The highest BCUT2D eigenvalue weighted by Gasteiger charge is 2.16. The van der Waals surface area contributed by atoms with E-state index in [1.165, 1.54) is 24.5 Å². The number of amides is 1. The van der Waals surface area contributed by atoms with Crippen molar-refractivity contribution in [2.24, 2.45) is 0 Å². The van der Waals surface area contributed by atoms with E-state index in [9.17, 15) is 9.18 Å². The molecule has 1 heterocycles. The third-order valence-corrected chi connectivity index (χ3v) is 5.23. The SMILES string of the molecule is COCCN(C)CCOc1ccc(NC(=O)c2cccc(F)c2)cc1-c1c(C)ncnc1C. The number of benzene rings is 2. The predicted molar refractivity (Wildman–Crippen MR) is 126 cm³/mol. The minimum atomic E-state index is -0.463. The molecule has 174 valence electrons. The second kappa shape index (κ2) is 11.5. The molecule has 0 radical (unpaired) electrons. The summed E-state index contributed by atoms with van der Waals surface area (Å²) < 4.78 is 24.7. The summed E-state index contributed by atoms with van der Waals surface area (Å²) >= 11 is 0. The van der Waals surface area contributed by atoms with Crippen LogP contribution < -0.4 is 10.1 Å². The molecule has 1 aromatic heterocycles. The zero-order chi connectivity index (χ0) is 23.8.